The summed E-state index contributed by atoms with van der Waals surface area (Å²) < 4.78 is 96.5. The Balaban J connectivity index is -0.000000703. The molecule has 0 saturated carbocycles. The summed E-state index contributed by atoms with van der Waals surface area (Å²) in [6.07, 6.45) is -0.456. The summed E-state index contributed by atoms with van der Waals surface area (Å²) in [4.78, 5) is 169. The summed E-state index contributed by atoms with van der Waals surface area (Å²) in [5.74, 6) is -2.76. The SMILES string of the molecule is CC(C)C(=O)N(CCCS(=O)(=O)O)C(CO)(CO)CO.CC(C)CN(CC(=O)O)CP(=O)(O)O.CC(C)CN1CC(CN)C1.CC(C)CNC(CC(=O)O)CC(=O)O.CC(C)CNC(CCP(C)(=O)O)C(=O)O.CC(C)CNC1(P(=O)(O)O)Cc2ccccc2C1.CC(C)CNCCCC(O)(P(=O)(O)O)P(=O)(O)O.CC(C)CN[C@@H](Cc1ccc(CP(=O)(O)O)cc1)C(=O)O. The van der Waals surface area contributed by atoms with Crippen LogP contribution in [0.3, 0.4) is 0 Å². The van der Waals surface area contributed by atoms with Crippen molar-refractivity contribution >= 4 is 91.2 Å². The molecule has 0 bridgehead atoms. The highest BCUT2D eigenvalue weighted by atomic mass is 32.2. The second-order valence-electron chi connectivity index (χ2n) is 35.8. The van der Waals surface area contributed by atoms with Gasteiger partial charge in [-0.15, -0.1) is 0 Å². The Labute approximate surface area is 766 Å². The van der Waals surface area contributed by atoms with E-state index in [0.717, 1.165) is 40.0 Å². The van der Waals surface area contributed by atoms with Crippen LogP contribution in [0.15, 0.2) is 48.5 Å². The lowest BCUT2D eigenvalue weighted by Crippen LogP contribution is -2.60. The molecule has 1 saturated heterocycles. The smallest absolute Gasteiger partial charge is 0.369 e. The van der Waals surface area contributed by atoms with Gasteiger partial charge in [0.05, 0.1) is 51.1 Å². The topological polar surface area (TPSA) is 760 Å². The molecule has 2 aromatic rings. The number of hydrogen-bond acceptors (Lipinski definition) is 26. The van der Waals surface area contributed by atoms with Gasteiger partial charge in [-0.25, -0.2) is 0 Å². The molecule has 764 valence electrons. The van der Waals surface area contributed by atoms with Crippen LogP contribution in [-0.2, 0) is 91.7 Å². The first-order chi connectivity index (χ1) is 59.1. The van der Waals surface area contributed by atoms with Crippen LogP contribution < -0.4 is 32.3 Å². The van der Waals surface area contributed by atoms with Crippen LogP contribution in [0.5, 0.6) is 0 Å². The lowest BCUT2D eigenvalue weighted by atomic mass is 9.98. The van der Waals surface area contributed by atoms with E-state index >= 15 is 0 Å². The number of benzene rings is 2. The van der Waals surface area contributed by atoms with Crippen molar-refractivity contribution in [1.82, 2.24) is 41.3 Å². The monoisotopic (exact) mass is 2010 g/mol. The molecule has 51 heteroatoms. The maximum absolute atomic E-state index is 12.1. The average Bonchev–Trinajstić information content (AvgIpc) is 1.25. The number of nitrogens with two attached hydrogens (primary N) is 1. The van der Waals surface area contributed by atoms with Crippen LogP contribution in [0.1, 0.15) is 172 Å². The maximum Gasteiger partial charge on any atom is 0.369 e. The van der Waals surface area contributed by atoms with Gasteiger partial charge < -0.3 is 142 Å². The number of likely N-dealkylation sites (tertiary alicyclic amines) is 1. The molecule has 2 aromatic carbocycles. The van der Waals surface area contributed by atoms with E-state index in [9.17, 15) is 99.9 Å². The Morgan fingerprint density at radius 3 is 1.34 bits per heavy atom. The van der Waals surface area contributed by atoms with Gasteiger partial charge in [0.25, 0.3) is 15.2 Å². The van der Waals surface area contributed by atoms with Crippen molar-refractivity contribution in [2.24, 2.45) is 59.0 Å². The summed E-state index contributed by atoms with van der Waals surface area (Å²) in [5.41, 5.74) is 7.37. The molecular weight excluding hydrogens is 1850 g/mol. The van der Waals surface area contributed by atoms with Crippen LogP contribution >= 0.6 is 45.3 Å². The fourth-order valence-corrected chi connectivity index (χ4v) is 18.0. The van der Waals surface area contributed by atoms with E-state index in [1.807, 2.05) is 107 Å². The molecular formula is C79H157N9O35P6S. The molecule has 0 aromatic heterocycles. The van der Waals surface area contributed by atoms with Gasteiger partial charge in [-0.3, -0.25) is 65.6 Å². The van der Waals surface area contributed by atoms with Crippen molar-refractivity contribution in [3.63, 3.8) is 0 Å². The fraction of sp³-hybridized carbons (Fsp3) is 0.772. The number of fused-ring (bicyclic) bond motifs is 1. The van der Waals surface area contributed by atoms with Gasteiger partial charge in [-0.2, -0.15) is 8.42 Å². The number of hydrogen-bond donors (Lipinski definition) is 27. The number of carbonyl (C=O) groups excluding carboxylic acids is 1. The second-order valence-corrected chi connectivity index (χ2v) is 49.2. The number of nitrogens with one attached hydrogen (secondary N) is 5. The molecule has 1 aliphatic carbocycles. The van der Waals surface area contributed by atoms with Crippen molar-refractivity contribution in [1.29, 1.82) is 0 Å². The lowest BCUT2D eigenvalue weighted by molar-refractivity contribution is -0.149. The van der Waals surface area contributed by atoms with Crippen molar-refractivity contribution in [3.05, 3.63) is 70.8 Å². The van der Waals surface area contributed by atoms with E-state index in [0.29, 0.717) is 100 Å². The van der Waals surface area contributed by atoms with Gasteiger partial charge in [-0.05, 0) is 141 Å². The van der Waals surface area contributed by atoms with Gasteiger partial charge >= 0.3 is 67.8 Å². The van der Waals surface area contributed by atoms with E-state index < -0.39 is 169 Å². The van der Waals surface area contributed by atoms with E-state index in [2.05, 4.69) is 45.3 Å². The van der Waals surface area contributed by atoms with E-state index in [1.54, 1.807) is 38.1 Å². The predicted molar refractivity (Wildman–Crippen MR) is 495 cm³/mol. The number of amides is 1. The number of nitrogens with zero attached hydrogens (tertiary/aromatic N) is 3. The average molecular weight is 2010 g/mol. The van der Waals surface area contributed by atoms with Gasteiger partial charge in [0.15, 0.2) is 7.37 Å². The highest BCUT2D eigenvalue weighted by molar-refractivity contribution is 7.85. The first kappa shape index (κ1) is 132. The van der Waals surface area contributed by atoms with Crippen LogP contribution in [0, 0.1) is 53.3 Å². The molecule has 0 radical (unpaired) electrons. The Bertz CT molecular complexity index is 3930. The molecule has 28 N–H and O–H groups in total. The Morgan fingerprint density at radius 1 is 0.569 bits per heavy atom. The van der Waals surface area contributed by atoms with Gasteiger partial charge in [0, 0.05) is 76.8 Å². The summed E-state index contributed by atoms with van der Waals surface area (Å²) in [7, 11) is -30.3. The number of carboxylic acid groups (broad SMARTS) is 5. The van der Waals surface area contributed by atoms with Crippen molar-refractivity contribution < 1.29 is 169 Å². The zero-order valence-corrected chi connectivity index (χ0v) is 84.4. The minimum atomic E-state index is -5.31. The summed E-state index contributed by atoms with van der Waals surface area (Å²) in [6, 6.07) is 12.5. The van der Waals surface area contributed by atoms with E-state index in [-0.39, 0.29) is 63.4 Å². The molecule has 0 spiro atoms. The van der Waals surface area contributed by atoms with E-state index in [1.165, 1.54) is 31.2 Å². The largest absolute Gasteiger partial charge is 0.481 e. The van der Waals surface area contributed by atoms with Crippen molar-refractivity contribution in [3.8, 4) is 0 Å². The summed E-state index contributed by atoms with van der Waals surface area (Å²) in [6.45, 7) is 38.5. The minimum absolute atomic E-state index is 0.0368. The van der Waals surface area contributed by atoms with Crippen LogP contribution in [0.2, 0.25) is 0 Å². The molecule has 1 heterocycles. The van der Waals surface area contributed by atoms with E-state index in [4.69, 9.17) is 74.8 Å². The number of rotatable bonds is 52. The lowest BCUT2D eigenvalue weighted by Gasteiger charge is -2.41. The molecule has 4 rings (SSSR count). The molecule has 2 unspecified atom stereocenters. The minimum Gasteiger partial charge on any atom is -0.481 e. The van der Waals surface area contributed by atoms with Gasteiger partial charge in [-0.1, -0.05) is 159 Å². The molecule has 44 nitrogen and oxygen atoms in total. The van der Waals surface area contributed by atoms with Crippen molar-refractivity contribution in [2.75, 3.05) is 130 Å². The van der Waals surface area contributed by atoms with Crippen LogP contribution in [0.4, 0.5) is 0 Å². The van der Waals surface area contributed by atoms with Crippen LogP contribution in [-0.4, -0.2) is 327 Å². The normalized spacial score (nSPS) is 14.8. The Morgan fingerprint density at radius 2 is 1.00 bits per heavy atom. The Hall–Kier alpha value is -4.37. The second kappa shape index (κ2) is 63.9. The highest BCUT2D eigenvalue weighted by Gasteiger charge is 2.59. The molecule has 1 fully saturated rings. The van der Waals surface area contributed by atoms with Gasteiger partial charge in [0.2, 0.25) is 5.91 Å². The number of aliphatic hydroxyl groups excluding tert-OH is 3. The quantitative estimate of drug-likeness (QED) is 0.0250. The molecule has 2 aliphatic rings. The Kier molecular flexibility index (Phi) is 64.9. The number of aliphatic hydroxyl groups is 4. The number of aliphatic carboxylic acids is 5. The zero-order chi connectivity index (χ0) is 102. The zero-order valence-electron chi connectivity index (χ0n) is 78.2. The molecule has 130 heavy (non-hydrogen) atoms. The summed E-state index contributed by atoms with van der Waals surface area (Å²) >= 11 is 0. The number of carbonyl (C=O) groups is 6. The highest BCUT2D eigenvalue weighted by Crippen LogP contribution is 2.69. The number of carboxylic acids is 5. The first-order valence-electron chi connectivity index (χ1n) is 42.6. The third-order valence-corrected chi connectivity index (χ3v) is 27.6. The van der Waals surface area contributed by atoms with Gasteiger partial charge in [0.1, 0.15) is 29.2 Å². The third kappa shape index (κ3) is 63.1. The molecule has 3 atom stereocenters. The van der Waals surface area contributed by atoms with Crippen molar-refractivity contribution in [2.45, 2.75) is 209 Å². The maximum atomic E-state index is 12.1. The fourth-order valence-electron chi connectivity index (χ4n) is 12.0. The molecule has 1 amide bonds. The third-order valence-electron chi connectivity index (χ3n) is 18.7. The summed E-state index contributed by atoms with van der Waals surface area (Å²) in [5, 5.41) is 91.6. The molecule has 1 aliphatic heterocycles. The first-order valence-corrected chi connectivity index (χ1v) is 54.9. The standard InChI is InChI=1S/C14H22NO5P.C13H20NO3P.C11H23NO7S.C9H20NO4P.C9H17NO4.C8H18N2.C8H21NO7P2.C7H16NO5P/c1-10(2)8-15-13(14(16)17)7-11-3-5-12(6-4-11)9-21(18,19)20;1-10(2)9-14-13(18(15,16)17)7-11-5-3-4-6-12(11)8-13;1-9(2)10(16)12(4-3-5-20(17,18)19)11(6-13,7-14)8-15;1-7(2)6-10-8(9(11)12)4-5-15(3,13)14;1-6(2)5-10-7(3-8(11)12)4-9(13)14;1-7(2)4-10-5-8(3-9)6-10;1-7(2)6-9-5-3-4-8(10,17(11,12)13)18(14,15)16;1-6(2)3-8(4-7(9)10)5-14(11,12)13/h3-6,10,13,15H,7-9H2,1-2H3,(H,16,17)(H2,18,19,20);3-6,10,14H,7-9H2,1-2H3,(H2,15,16,17);9,13-15H,3-8H2,1-2H3,(H,17,18,19);7-8,10H,4-6H2,1-3H3,(H,11,12)(H,13,14);6-7,10H,3-5H2,1-2H3,(H,11,12)(H,13,14);7-8H,3-6,9H2,1-2H3;7,9-10H,3-6H2,1-2H3,(H2,11,12,13)(H2,14,15,16);6H,3-5H2,1-2H3,(H,9,10)(H2,11,12,13)/t13-;;;;;;;/m0......./s1. The predicted octanol–water partition coefficient (Wildman–Crippen LogP) is 4.21. The van der Waals surface area contributed by atoms with Crippen LogP contribution in [0.25, 0.3) is 0 Å².